The SMILES string of the molecule is CN=C(C(=CN)C(=O)N1CCc2c(nn(C)c2-c2cc(F)c(F)c(F)c2)C1)C1(C)CC1. The number of carbonyl (C=O) groups excluding carboxylic acids is 1. The molecule has 0 atom stereocenters. The topological polar surface area (TPSA) is 76.5 Å². The summed E-state index contributed by atoms with van der Waals surface area (Å²) < 4.78 is 42.4. The van der Waals surface area contributed by atoms with Crippen LogP contribution in [0, 0.1) is 22.9 Å². The first-order chi connectivity index (χ1) is 14.7. The Hall–Kier alpha value is -3.10. The number of hydrogen-bond acceptors (Lipinski definition) is 4. The second kappa shape index (κ2) is 7.55. The van der Waals surface area contributed by atoms with E-state index in [1.54, 1.807) is 19.0 Å². The van der Waals surface area contributed by atoms with Crippen LogP contribution >= 0.6 is 0 Å². The van der Waals surface area contributed by atoms with Crippen LogP contribution in [0.5, 0.6) is 0 Å². The predicted octanol–water partition coefficient (Wildman–Crippen LogP) is 3.10. The number of amides is 1. The summed E-state index contributed by atoms with van der Waals surface area (Å²) in [6.07, 6.45) is 3.68. The number of rotatable bonds is 4. The molecule has 1 aliphatic carbocycles. The van der Waals surface area contributed by atoms with Gasteiger partial charge in [-0.15, -0.1) is 0 Å². The Kier molecular flexibility index (Phi) is 5.15. The largest absolute Gasteiger partial charge is 0.404 e. The lowest BCUT2D eigenvalue weighted by molar-refractivity contribution is -0.127. The Bertz CT molecular complexity index is 1110. The summed E-state index contributed by atoms with van der Waals surface area (Å²) in [5, 5.41) is 4.46. The molecule has 1 fully saturated rings. The van der Waals surface area contributed by atoms with E-state index >= 15 is 0 Å². The molecular formula is C22H24F3N5O. The minimum atomic E-state index is -1.50. The maximum Gasteiger partial charge on any atom is 0.257 e. The van der Waals surface area contributed by atoms with E-state index in [1.807, 2.05) is 0 Å². The van der Waals surface area contributed by atoms with Gasteiger partial charge in [-0.05, 0) is 31.4 Å². The number of carbonyl (C=O) groups is 1. The van der Waals surface area contributed by atoms with E-state index in [0.29, 0.717) is 35.6 Å². The standard InChI is InChI=1S/C22H24F3N5O/c1-22(5-6-22)20(27-2)14(10-26)21(31)30-7-4-13-17(11-30)28-29(3)19(13)12-8-15(23)18(25)16(24)9-12/h8-10H,4-7,11,26H2,1-3H3. The normalized spacial score (nSPS) is 18.2. The van der Waals surface area contributed by atoms with Crippen molar-refractivity contribution in [2.24, 2.45) is 23.2 Å². The molecule has 2 heterocycles. The third kappa shape index (κ3) is 3.51. The molecule has 9 heteroatoms. The lowest BCUT2D eigenvalue weighted by Gasteiger charge is -2.28. The number of benzene rings is 1. The smallest absolute Gasteiger partial charge is 0.257 e. The van der Waals surface area contributed by atoms with E-state index in [9.17, 15) is 18.0 Å². The number of aromatic nitrogens is 2. The van der Waals surface area contributed by atoms with Gasteiger partial charge in [-0.1, -0.05) is 6.92 Å². The molecule has 1 aromatic heterocycles. The Morgan fingerprint density at radius 2 is 1.90 bits per heavy atom. The van der Waals surface area contributed by atoms with Crippen LogP contribution in [-0.4, -0.2) is 39.9 Å². The summed E-state index contributed by atoms with van der Waals surface area (Å²) in [4.78, 5) is 19.2. The molecular weight excluding hydrogens is 407 g/mol. The van der Waals surface area contributed by atoms with Gasteiger partial charge in [-0.25, -0.2) is 13.2 Å². The Balaban J connectivity index is 1.63. The number of hydrogen-bond donors (Lipinski definition) is 1. The summed E-state index contributed by atoms with van der Waals surface area (Å²) in [5.41, 5.74) is 8.93. The fraction of sp³-hybridized carbons (Fsp3) is 0.409. The molecule has 1 aromatic carbocycles. The number of aryl methyl sites for hydroxylation is 1. The summed E-state index contributed by atoms with van der Waals surface area (Å²) >= 11 is 0. The van der Waals surface area contributed by atoms with Gasteiger partial charge in [0.15, 0.2) is 17.5 Å². The molecule has 0 unspecified atom stereocenters. The first-order valence-electron chi connectivity index (χ1n) is 10.1. The number of nitrogens with zero attached hydrogens (tertiary/aromatic N) is 4. The van der Waals surface area contributed by atoms with Crippen LogP contribution in [0.1, 0.15) is 31.0 Å². The number of nitrogens with two attached hydrogens (primary N) is 1. The third-order valence-corrected chi connectivity index (χ3v) is 6.19. The van der Waals surface area contributed by atoms with Crippen molar-refractivity contribution in [1.82, 2.24) is 14.7 Å². The molecule has 4 rings (SSSR count). The van der Waals surface area contributed by atoms with Crippen molar-refractivity contribution in [2.75, 3.05) is 13.6 Å². The lowest BCUT2D eigenvalue weighted by atomic mass is 9.93. The van der Waals surface area contributed by atoms with E-state index in [0.717, 1.165) is 30.5 Å². The molecule has 2 N–H and O–H groups in total. The highest BCUT2D eigenvalue weighted by molar-refractivity contribution is 6.24. The molecule has 0 radical (unpaired) electrons. The molecule has 1 amide bonds. The van der Waals surface area contributed by atoms with Gasteiger partial charge in [0.05, 0.1) is 29.2 Å². The second-order valence-electron chi connectivity index (χ2n) is 8.34. The Morgan fingerprint density at radius 3 is 2.45 bits per heavy atom. The molecule has 0 saturated heterocycles. The van der Waals surface area contributed by atoms with E-state index in [-0.39, 0.29) is 23.4 Å². The highest BCUT2D eigenvalue weighted by atomic mass is 19.2. The molecule has 2 aliphatic rings. The molecule has 31 heavy (non-hydrogen) atoms. The molecule has 1 saturated carbocycles. The predicted molar refractivity (Wildman–Crippen MR) is 111 cm³/mol. The van der Waals surface area contributed by atoms with Crippen LogP contribution in [0.15, 0.2) is 28.9 Å². The average molecular weight is 431 g/mol. The van der Waals surface area contributed by atoms with Gasteiger partial charge >= 0.3 is 0 Å². The average Bonchev–Trinajstić information content (AvgIpc) is 3.39. The Labute approximate surface area is 178 Å². The first-order valence-corrected chi connectivity index (χ1v) is 10.1. The number of halogens is 3. The van der Waals surface area contributed by atoms with Gasteiger partial charge in [0.1, 0.15) is 0 Å². The fourth-order valence-corrected chi connectivity index (χ4v) is 4.31. The zero-order valence-corrected chi connectivity index (χ0v) is 17.7. The van der Waals surface area contributed by atoms with Crippen LogP contribution in [0.25, 0.3) is 11.3 Å². The summed E-state index contributed by atoms with van der Waals surface area (Å²) in [6, 6.07) is 1.92. The lowest BCUT2D eigenvalue weighted by Crippen LogP contribution is -2.39. The summed E-state index contributed by atoms with van der Waals surface area (Å²) in [5.74, 6) is -4.23. The van der Waals surface area contributed by atoms with Gasteiger partial charge in [-0.3, -0.25) is 14.5 Å². The fourth-order valence-electron chi connectivity index (χ4n) is 4.31. The van der Waals surface area contributed by atoms with Crippen molar-refractivity contribution in [2.45, 2.75) is 32.7 Å². The monoisotopic (exact) mass is 431 g/mol. The van der Waals surface area contributed by atoms with Crippen LogP contribution in [-0.2, 0) is 24.8 Å². The van der Waals surface area contributed by atoms with Gasteiger partial charge in [-0.2, -0.15) is 5.10 Å². The van der Waals surface area contributed by atoms with Crippen LogP contribution in [0.4, 0.5) is 13.2 Å². The zero-order chi connectivity index (χ0) is 22.5. The van der Waals surface area contributed by atoms with Crippen molar-refractivity contribution in [1.29, 1.82) is 0 Å². The second-order valence-corrected chi connectivity index (χ2v) is 8.34. The van der Waals surface area contributed by atoms with Crippen molar-refractivity contribution < 1.29 is 18.0 Å². The van der Waals surface area contributed by atoms with Crippen molar-refractivity contribution in [3.05, 3.63) is 52.6 Å². The third-order valence-electron chi connectivity index (χ3n) is 6.19. The van der Waals surface area contributed by atoms with Crippen LogP contribution in [0.2, 0.25) is 0 Å². The van der Waals surface area contributed by atoms with Crippen LogP contribution in [0.3, 0.4) is 0 Å². The molecule has 2 aromatic rings. The quantitative estimate of drug-likeness (QED) is 0.459. The summed E-state index contributed by atoms with van der Waals surface area (Å²) in [6.45, 7) is 2.69. The van der Waals surface area contributed by atoms with Crippen molar-refractivity contribution in [3.8, 4) is 11.3 Å². The van der Waals surface area contributed by atoms with Gasteiger partial charge in [0.2, 0.25) is 0 Å². The molecule has 1 aliphatic heterocycles. The highest BCUT2D eigenvalue weighted by Crippen LogP contribution is 2.48. The summed E-state index contributed by atoms with van der Waals surface area (Å²) in [7, 11) is 3.32. The maximum atomic E-state index is 13.8. The van der Waals surface area contributed by atoms with E-state index in [2.05, 4.69) is 17.0 Å². The van der Waals surface area contributed by atoms with E-state index < -0.39 is 17.5 Å². The minimum Gasteiger partial charge on any atom is -0.404 e. The van der Waals surface area contributed by atoms with Gasteiger partial charge in [0.25, 0.3) is 5.91 Å². The van der Waals surface area contributed by atoms with Crippen molar-refractivity contribution >= 4 is 11.6 Å². The first kappa shape index (κ1) is 21.1. The van der Waals surface area contributed by atoms with E-state index in [4.69, 9.17) is 5.73 Å². The molecule has 0 bridgehead atoms. The maximum absolute atomic E-state index is 13.8. The van der Waals surface area contributed by atoms with Crippen molar-refractivity contribution in [3.63, 3.8) is 0 Å². The number of fused-ring (bicyclic) bond motifs is 1. The molecule has 0 spiro atoms. The Morgan fingerprint density at radius 1 is 1.26 bits per heavy atom. The van der Waals surface area contributed by atoms with Crippen LogP contribution < -0.4 is 5.73 Å². The number of aliphatic imine (C=N–C) groups is 1. The van der Waals surface area contributed by atoms with Gasteiger partial charge in [0, 0.05) is 43.4 Å². The minimum absolute atomic E-state index is 0.120. The zero-order valence-electron chi connectivity index (χ0n) is 17.7. The highest BCUT2D eigenvalue weighted by Gasteiger charge is 2.45. The molecule has 6 nitrogen and oxygen atoms in total. The van der Waals surface area contributed by atoms with E-state index in [1.165, 1.54) is 10.9 Å². The van der Waals surface area contributed by atoms with Gasteiger partial charge < -0.3 is 10.6 Å². The molecule has 164 valence electrons.